The number of fused-ring (bicyclic) bond motifs is 3. The van der Waals surface area contributed by atoms with E-state index in [1.54, 1.807) is 11.3 Å². The minimum absolute atomic E-state index is 0.502. The second kappa shape index (κ2) is 7.27. The van der Waals surface area contributed by atoms with Crippen LogP contribution in [0.5, 0.6) is 0 Å². The Bertz CT molecular complexity index is 1010. The zero-order chi connectivity index (χ0) is 18.8. The number of aryl methyl sites for hydroxylation is 2. The molecule has 0 amide bonds. The fraction of sp³-hybridized carbons (Fsp3) is 0.176. The standard InChI is InChI=1S/C16H13ClN4S.CH2O3/c1-9-7-12-15(11-5-3-4-6-13(11)17)18-8-14-20-19-10(2)21(14)16(12)22-9;2-1(3)4/h3-7H,8H2,1-2H3;(H2,2,3,4). The normalized spacial score (nSPS) is 12.2. The number of benzene rings is 1. The van der Waals surface area contributed by atoms with Gasteiger partial charge in [-0.1, -0.05) is 29.8 Å². The van der Waals surface area contributed by atoms with Crippen LogP contribution in [0.1, 0.15) is 27.7 Å². The van der Waals surface area contributed by atoms with Crippen molar-refractivity contribution in [3.63, 3.8) is 0 Å². The number of thiophene rings is 1. The van der Waals surface area contributed by atoms with Gasteiger partial charge in [0, 0.05) is 21.0 Å². The van der Waals surface area contributed by atoms with E-state index in [9.17, 15) is 0 Å². The number of hydrogen-bond acceptors (Lipinski definition) is 5. The third-order valence-electron chi connectivity index (χ3n) is 3.69. The SMILES string of the molecule is Cc1cc2c(s1)-n1c(C)nnc1CN=C2c1ccccc1Cl.O=C(O)O. The molecule has 3 heterocycles. The molecule has 3 aromatic rings. The molecule has 0 saturated carbocycles. The lowest BCUT2D eigenvalue weighted by atomic mass is 10.0. The third-order valence-corrected chi connectivity index (χ3v) is 5.06. The molecule has 4 rings (SSSR count). The maximum absolute atomic E-state index is 8.56. The number of halogens is 1. The molecule has 0 unspecified atom stereocenters. The van der Waals surface area contributed by atoms with Gasteiger partial charge in [0.1, 0.15) is 17.4 Å². The second-order valence-corrected chi connectivity index (χ2v) is 7.14. The van der Waals surface area contributed by atoms with Crippen LogP contribution < -0.4 is 0 Å². The summed E-state index contributed by atoms with van der Waals surface area (Å²) >= 11 is 8.12. The predicted octanol–water partition coefficient (Wildman–Crippen LogP) is 4.17. The van der Waals surface area contributed by atoms with Gasteiger partial charge in [-0.3, -0.25) is 9.56 Å². The summed E-state index contributed by atoms with van der Waals surface area (Å²) in [6.07, 6.45) is -1.83. The summed E-state index contributed by atoms with van der Waals surface area (Å²) in [6.45, 7) is 4.57. The van der Waals surface area contributed by atoms with Crippen molar-refractivity contribution < 1.29 is 15.0 Å². The summed E-state index contributed by atoms with van der Waals surface area (Å²) in [7, 11) is 0. The molecule has 0 bridgehead atoms. The molecule has 1 aromatic carbocycles. The third kappa shape index (κ3) is 3.47. The molecule has 0 radical (unpaired) electrons. The van der Waals surface area contributed by atoms with Gasteiger partial charge in [0.15, 0.2) is 5.82 Å². The first-order valence-electron chi connectivity index (χ1n) is 7.61. The molecule has 7 nitrogen and oxygen atoms in total. The molecule has 26 heavy (non-hydrogen) atoms. The van der Waals surface area contributed by atoms with E-state index in [4.69, 9.17) is 31.6 Å². The molecular weight excluding hydrogens is 376 g/mol. The van der Waals surface area contributed by atoms with Crippen molar-refractivity contribution in [1.82, 2.24) is 14.8 Å². The van der Waals surface area contributed by atoms with E-state index >= 15 is 0 Å². The van der Waals surface area contributed by atoms with Crippen LogP contribution in [0.4, 0.5) is 4.79 Å². The minimum Gasteiger partial charge on any atom is -0.450 e. The summed E-state index contributed by atoms with van der Waals surface area (Å²) < 4.78 is 2.10. The quantitative estimate of drug-likeness (QED) is 0.649. The Morgan fingerprint density at radius 2 is 1.88 bits per heavy atom. The van der Waals surface area contributed by atoms with Gasteiger partial charge in [-0.25, -0.2) is 4.79 Å². The molecule has 0 spiro atoms. The number of carboxylic acid groups (broad SMARTS) is 2. The maximum Gasteiger partial charge on any atom is 0.503 e. The molecular formula is C17H15ClN4O3S. The Balaban J connectivity index is 0.000000447. The number of nitrogens with zero attached hydrogens (tertiary/aromatic N) is 4. The average molecular weight is 391 g/mol. The highest BCUT2D eigenvalue weighted by molar-refractivity contribution is 7.15. The minimum atomic E-state index is -1.83. The lowest BCUT2D eigenvalue weighted by Gasteiger charge is -2.08. The molecule has 0 aliphatic carbocycles. The lowest BCUT2D eigenvalue weighted by Crippen LogP contribution is -2.05. The van der Waals surface area contributed by atoms with Crippen LogP contribution in [-0.2, 0) is 6.54 Å². The number of aliphatic imine (C=N–C) groups is 1. The van der Waals surface area contributed by atoms with Gasteiger partial charge in [0.05, 0.1) is 5.71 Å². The number of rotatable bonds is 1. The molecule has 9 heteroatoms. The first-order chi connectivity index (χ1) is 12.4. The molecule has 2 aromatic heterocycles. The van der Waals surface area contributed by atoms with E-state index in [-0.39, 0.29) is 0 Å². The monoisotopic (exact) mass is 390 g/mol. The van der Waals surface area contributed by atoms with Crippen molar-refractivity contribution in [3.8, 4) is 5.00 Å². The largest absolute Gasteiger partial charge is 0.503 e. The Hall–Kier alpha value is -2.71. The summed E-state index contributed by atoms with van der Waals surface area (Å²) in [5, 5.41) is 24.2. The van der Waals surface area contributed by atoms with Crippen molar-refractivity contribution in [2.24, 2.45) is 4.99 Å². The van der Waals surface area contributed by atoms with E-state index in [0.717, 1.165) is 33.5 Å². The molecule has 0 fully saturated rings. The van der Waals surface area contributed by atoms with Crippen LogP contribution in [0.2, 0.25) is 5.02 Å². The fourth-order valence-electron chi connectivity index (χ4n) is 2.73. The molecule has 1 aliphatic heterocycles. The zero-order valence-electron chi connectivity index (χ0n) is 14.0. The van der Waals surface area contributed by atoms with Gasteiger partial charge in [-0.2, -0.15) is 0 Å². The van der Waals surface area contributed by atoms with Gasteiger partial charge < -0.3 is 10.2 Å². The summed E-state index contributed by atoms with van der Waals surface area (Å²) in [5.41, 5.74) is 2.98. The highest BCUT2D eigenvalue weighted by Crippen LogP contribution is 2.33. The predicted molar refractivity (Wildman–Crippen MR) is 100 cm³/mol. The highest BCUT2D eigenvalue weighted by Gasteiger charge is 2.24. The van der Waals surface area contributed by atoms with Crippen molar-refractivity contribution >= 4 is 34.8 Å². The number of hydrogen-bond donors (Lipinski definition) is 2. The Kier molecular flexibility index (Phi) is 5.06. The molecule has 2 N–H and O–H groups in total. The molecule has 0 saturated heterocycles. The smallest absolute Gasteiger partial charge is 0.450 e. The fourth-order valence-corrected chi connectivity index (χ4v) is 4.03. The first kappa shape index (κ1) is 18.1. The van der Waals surface area contributed by atoms with Crippen LogP contribution in [0.15, 0.2) is 35.3 Å². The second-order valence-electron chi connectivity index (χ2n) is 5.50. The topological polar surface area (TPSA) is 101 Å². The van der Waals surface area contributed by atoms with E-state index in [1.807, 2.05) is 31.2 Å². The average Bonchev–Trinajstić information content (AvgIpc) is 3.07. The first-order valence-corrected chi connectivity index (χ1v) is 8.81. The van der Waals surface area contributed by atoms with E-state index < -0.39 is 6.16 Å². The number of aromatic nitrogens is 3. The molecule has 134 valence electrons. The number of carbonyl (C=O) groups is 1. The lowest BCUT2D eigenvalue weighted by molar-refractivity contribution is 0.137. The summed E-state index contributed by atoms with van der Waals surface area (Å²) in [4.78, 5) is 14.6. The van der Waals surface area contributed by atoms with Crippen LogP contribution in [0.25, 0.3) is 5.00 Å². The van der Waals surface area contributed by atoms with E-state index in [0.29, 0.717) is 11.6 Å². The van der Waals surface area contributed by atoms with Gasteiger partial charge in [0.2, 0.25) is 0 Å². The summed E-state index contributed by atoms with van der Waals surface area (Å²) in [5.74, 6) is 1.75. The molecule has 0 atom stereocenters. The van der Waals surface area contributed by atoms with Gasteiger partial charge >= 0.3 is 6.16 Å². The Morgan fingerprint density at radius 1 is 1.19 bits per heavy atom. The van der Waals surface area contributed by atoms with Crippen LogP contribution in [0, 0.1) is 13.8 Å². The highest BCUT2D eigenvalue weighted by atomic mass is 35.5. The van der Waals surface area contributed by atoms with E-state index in [2.05, 4.69) is 27.8 Å². The van der Waals surface area contributed by atoms with Gasteiger partial charge in [0.25, 0.3) is 0 Å². The summed E-state index contributed by atoms with van der Waals surface area (Å²) in [6, 6.07) is 9.99. The maximum atomic E-state index is 8.56. The van der Waals surface area contributed by atoms with Crippen LogP contribution in [0.3, 0.4) is 0 Å². The van der Waals surface area contributed by atoms with E-state index in [1.165, 1.54) is 4.88 Å². The van der Waals surface area contributed by atoms with Crippen molar-refractivity contribution in [1.29, 1.82) is 0 Å². The van der Waals surface area contributed by atoms with Gasteiger partial charge in [-0.15, -0.1) is 21.5 Å². The van der Waals surface area contributed by atoms with Crippen molar-refractivity contribution in [2.45, 2.75) is 20.4 Å². The van der Waals surface area contributed by atoms with Crippen LogP contribution in [-0.4, -0.2) is 36.8 Å². The van der Waals surface area contributed by atoms with Crippen LogP contribution >= 0.6 is 22.9 Å². The van der Waals surface area contributed by atoms with Gasteiger partial charge in [-0.05, 0) is 26.0 Å². The van der Waals surface area contributed by atoms with Crippen molar-refractivity contribution in [2.75, 3.05) is 0 Å². The zero-order valence-corrected chi connectivity index (χ0v) is 15.5. The van der Waals surface area contributed by atoms with Crippen molar-refractivity contribution in [3.05, 3.63) is 63.0 Å². The Morgan fingerprint density at radius 3 is 2.58 bits per heavy atom. The Labute approximate surface area is 158 Å². The molecule has 1 aliphatic rings.